The lowest BCUT2D eigenvalue weighted by Crippen LogP contribution is -2.36. The zero-order valence-corrected chi connectivity index (χ0v) is 9.56. The van der Waals surface area contributed by atoms with E-state index in [1.54, 1.807) is 0 Å². The fraction of sp³-hybridized carbons (Fsp3) is 0.800. The minimum Gasteiger partial charge on any atom is -0.356 e. The number of urea groups is 1. The van der Waals surface area contributed by atoms with Gasteiger partial charge < -0.3 is 16.0 Å². The van der Waals surface area contributed by atoms with Crippen LogP contribution in [0.5, 0.6) is 0 Å². The van der Waals surface area contributed by atoms with Crippen molar-refractivity contribution in [2.45, 2.75) is 33.1 Å². The zero-order valence-electron chi connectivity index (χ0n) is 9.56. The van der Waals surface area contributed by atoms with Gasteiger partial charge in [-0.25, -0.2) is 4.79 Å². The highest BCUT2D eigenvalue weighted by atomic mass is 16.2. The molecule has 0 heterocycles. The van der Waals surface area contributed by atoms with E-state index in [1.807, 2.05) is 6.92 Å². The van der Waals surface area contributed by atoms with E-state index in [9.17, 15) is 9.59 Å². The molecule has 3 N–H and O–H groups in total. The summed E-state index contributed by atoms with van der Waals surface area (Å²) in [5, 5.41) is 8.17. The predicted octanol–water partition coefficient (Wildman–Crippen LogP) is 0.612. The topological polar surface area (TPSA) is 70.2 Å². The van der Waals surface area contributed by atoms with Gasteiger partial charge in [0, 0.05) is 26.6 Å². The van der Waals surface area contributed by atoms with Crippen molar-refractivity contribution in [1.82, 2.24) is 16.0 Å². The van der Waals surface area contributed by atoms with E-state index in [2.05, 4.69) is 16.0 Å². The van der Waals surface area contributed by atoms with Gasteiger partial charge in [-0.05, 0) is 19.3 Å². The Morgan fingerprint density at radius 2 is 1.47 bits per heavy atom. The molecule has 88 valence electrons. The van der Waals surface area contributed by atoms with Crippen LogP contribution in [-0.4, -0.2) is 31.6 Å². The molecule has 0 radical (unpaired) electrons. The maximum Gasteiger partial charge on any atom is 0.314 e. The molecule has 0 unspecified atom stereocenters. The molecule has 0 atom stereocenters. The van der Waals surface area contributed by atoms with Gasteiger partial charge in [-0.15, -0.1) is 0 Å². The van der Waals surface area contributed by atoms with Gasteiger partial charge in [0.2, 0.25) is 5.91 Å². The Bertz CT molecular complexity index is 195. The highest BCUT2D eigenvalue weighted by molar-refractivity contribution is 5.73. The van der Waals surface area contributed by atoms with Gasteiger partial charge in [-0.3, -0.25) is 4.79 Å². The molecule has 0 spiro atoms. The number of rotatable bonds is 7. The first-order valence-electron chi connectivity index (χ1n) is 5.43. The minimum atomic E-state index is -0.114. The predicted molar refractivity (Wildman–Crippen MR) is 59.6 cm³/mol. The van der Waals surface area contributed by atoms with Crippen LogP contribution in [0.15, 0.2) is 0 Å². The second kappa shape index (κ2) is 9.30. The van der Waals surface area contributed by atoms with Crippen molar-refractivity contribution in [3.63, 3.8) is 0 Å². The Labute approximate surface area is 91.0 Å². The maximum absolute atomic E-state index is 11.1. The first-order chi connectivity index (χ1) is 7.16. The Balaban J connectivity index is 3.16. The van der Waals surface area contributed by atoms with Crippen LogP contribution in [0.3, 0.4) is 0 Å². The summed E-state index contributed by atoms with van der Waals surface area (Å²) >= 11 is 0. The molecule has 5 nitrogen and oxygen atoms in total. The highest BCUT2D eigenvalue weighted by Gasteiger charge is 1.97. The molecule has 0 fully saturated rings. The fourth-order valence-electron chi connectivity index (χ4n) is 1.02. The summed E-state index contributed by atoms with van der Waals surface area (Å²) < 4.78 is 0. The fourth-order valence-corrected chi connectivity index (χ4v) is 1.02. The summed E-state index contributed by atoms with van der Waals surface area (Å²) in [4.78, 5) is 21.6. The van der Waals surface area contributed by atoms with Gasteiger partial charge >= 0.3 is 6.03 Å². The summed E-state index contributed by atoms with van der Waals surface area (Å²) in [6.07, 6.45) is 2.70. The number of amides is 3. The number of hydrogen-bond donors (Lipinski definition) is 3. The number of unbranched alkanes of at least 4 members (excludes halogenated alkanes) is 1. The third-order valence-electron chi connectivity index (χ3n) is 1.80. The molecule has 0 rings (SSSR count). The van der Waals surface area contributed by atoms with Crippen LogP contribution in [0.25, 0.3) is 0 Å². The largest absolute Gasteiger partial charge is 0.356 e. The summed E-state index contributed by atoms with van der Waals surface area (Å²) in [6.45, 7) is 5.53. The lowest BCUT2D eigenvalue weighted by Gasteiger charge is -2.06. The van der Waals surface area contributed by atoms with Gasteiger partial charge in [0.25, 0.3) is 0 Å². The van der Waals surface area contributed by atoms with Crippen molar-refractivity contribution in [2.24, 2.45) is 0 Å². The Morgan fingerprint density at radius 1 is 0.933 bits per heavy atom. The molecule has 0 aromatic carbocycles. The molecular formula is C10H21N3O2. The first kappa shape index (κ1) is 13.7. The van der Waals surface area contributed by atoms with Crippen molar-refractivity contribution in [3.8, 4) is 0 Å². The van der Waals surface area contributed by atoms with Crippen LogP contribution in [0, 0.1) is 0 Å². The van der Waals surface area contributed by atoms with Crippen molar-refractivity contribution >= 4 is 11.9 Å². The third kappa shape index (κ3) is 10.7. The van der Waals surface area contributed by atoms with Crippen molar-refractivity contribution in [1.29, 1.82) is 0 Å². The summed E-state index contributed by atoms with van der Waals surface area (Å²) in [5.74, 6) is -0.0105. The summed E-state index contributed by atoms with van der Waals surface area (Å²) in [5.41, 5.74) is 0. The van der Waals surface area contributed by atoms with Crippen LogP contribution >= 0.6 is 0 Å². The van der Waals surface area contributed by atoms with Gasteiger partial charge in [0.1, 0.15) is 0 Å². The summed E-state index contributed by atoms with van der Waals surface area (Å²) in [7, 11) is 0. The zero-order chi connectivity index (χ0) is 11.5. The number of carbonyl (C=O) groups is 2. The maximum atomic E-state index is 11.1. The van der Waals surface area contributed by atoms with Gasteiger partial charge in [-0.2, -0.15) is 0 Å². The number of nitrogens with one attached hydrogen (secondary N) is 3. The van der Waals surface area contributed by atoms with Crippen LogP contribution in [0.1, 0.15) is 33.1 Å². The first-order valence-corrected chi connectivity index (χ1v) is 5.43. The molecule has 0 aliphatic heterocycles. The Hall–Kier alpha value is -1.26. The SMILES string of the molecule is CCCNC(=O)NCCCCNC(C)=O. The van der Waals surface area contributed by atoms with E-state index in [4.69, 9.17) is 0 Å². The normalized spacial score (nSPS) is 9.47. The van der Waals surface area contributed by atoms with Crippen LogP contribution in [0.4, 0.5) is 4.79 Å². The lowest BCUT2D eigenvalue weighted by atomic mass is 10.3. The van der Waals surface area contributed by atoms with E-state index in [-0.39, 0.29) is 11.9 Å². The molecule has 0 saturated carbocycles. The van der Waals surface area contributed by atoms with Crippen molar-refractivity contribution in [3.05, 3.63) is 0 Å². The van der Waals surface area contributed by atoms with E-state index >= 15 is 0 Å². The van der Waals surface area contributed by atoms with Crippen molar-refractivity contribution in [2.75, 3.05) is 19.6 Å². The molecule has 0 aliphatic carbocycles. The average molecular weight is 215 g/mol. The molecular weight excluding hydrogens is 194 g/mol. The third-order valence-corrected chi connectivity index (χ3v) is 1.80. The molecule has 0 aliphatic rings. The van der Waals surface area contributed by atoms with E-state index in [0.717, 1.165) is 19.3 Å². The minimum absolute atomic E-state index is 0.0105. The quantitative estimate of drug-likeness (QED) is 0.545. The van der Waals surface area contributed by atoms with Gasteiger partial charge in [0.15, 0.2) is 0 Å². The molecule has 0 bridgehead atoms. The monoisotopic (exact) mass is 215 g/mol. The highest BCUT2D eigenvalue weighted by Crippen LogP contribution is 1.84. The van der Waals surface area contributed by atoms with E-state index < -0.39 is 0 Å². The molecule has 0 aromatic rings. The Kier molecular flexibility index (Phi) is 8.52. The lowest BCUT2D eigenvalue weighted by molar-refractivity contribution is -0.118. The average Bonchev–Trinajstić information content (AvgIpc) is 2.19. The second-order valence-electron chi connectivity index (χ2n) is 3.37. The molecule has 3 amide bonds. The van der Waals surface area contributed by atoms with Crippen LogP contribution in [-0.2, 0) is 4.79 Å². The molecule has 0 saturated heterocycles. The Morgan fingerprint density at radius 3 is 2.00 bits per heavy atom. The standard InChI is InChI=1S/C10H21N3O2/c1-3-6-12-10(15)13-8-5-4-7-11-9(2)14/h3-8H2,1-2H3,(H,11,14)(H2,12,13,15). The second-order valence-corrected chi connectivity index (χ2v) is 3.37. The smallest absolute Gasteiger partial charge is 0.314 e. The number of hydrogen-bond acceptors (Lipinski definition) is 2. The van der Waals surface area contributed by atoms with Gasteiger partial charge in [-0.1, -0.05) is 6.92 Å². The van der Waals surface area contributed by atoms with Crippen LogP contribution < -0.4 is 16.0 Å². The molecule has 15 heavy (non-hydrogen) atoms. The van der Waals surface area contributed by atoms with Crippen LogP contribution in [0.2, 0.25) is 0 Å². The molecule has 5 heteroatoms. The molecule has 0 aromatic heterocycles. The van der Waals surface area contributed by atoms with E-state index in [1.165, 1.54) is 6.92 Å². The van der Waals surface area contributed by atoms with Crippen molar-refractivity contribution < 1.29 is 9.59 Å². The number of carbonyl (C=O) groups excluding carboxylic acids is 2. The van der Waals surface area contributed by atoms with E-state index in [0.29, 0.717) is 19.6 Å². The van der Waals surface area contributed by atoms with Gasteiger partial charge in [0.05, 0.1) is 0 Å². The summed E-state index contributed by atoms with van der Waals surface area (Å²) in [6, 6.07) is -0.114.